The number of guanidine groups is 1. The number of ether oxygens (including phenoxy) is 1. The van der Waals surface area contributed by atoms with Crippen LogP contribution < -0.4 is 5.32 Å². The van der Waals surface area contributed by atoms with Crippen molar-refractivity contribution in [2.75, 3.05) is 39.9 Å². The summed E-state index contributed by atoms with van der Waals surface area (Å²) in [7, 11) is 2.10. The van der Waals surface area contributed by atoms with Gasteiger partial charge in [-0.05, 0) is 18.4 Å². The third-order valence-electron chi connectivity index (χ3n) is 4.48. The van der Waals surface area contributed by atoms with Crippen LogP contribution in [0.3, 0.4) is 0 Å². The summed E-state index contributed by atoms with van der Waals surface area (Å²) in [4.78, 5) is 6.72. The van der Waals surface area contributed by atoms with Gasteiger partial charge in [0.05, 0.1) is 6.54 Å². The summed E-state index contributed by atoms with van der Waals surface area (Å²) in [5.74, 6) is 1.03. The van der Waals surface area contributed by atoms with Gasteiger partial charge in [-0.25, -0.2) is 0 Å². The van der Waals surface area contributed by atoms with Gasteiger partial charge in [0.2, 0.25) is 0 Å². The number of aliphatic imine (C=N–C) groups is 1. The van der Waals surface area contributed by atoms with E-state index in [2.05, 4.69) is 52.6 Å². The average molecular weight is 273 g/mol. The fourth-order valence-electron chi connectivity index (χ4n) is 3.09. The van der Waals surface area contributed by atoms with E-state index < -0.39 is 0 Å². The zero-order chi connectivity index (χ0) is 13.8. The molecule has 1 fully saturated rings. The summed E-state index contributed by atoms with van der Waals surface area (Å²) in [6, 6.07) is 10.8. The second kappa shape index (κ2) is 5.83. The Kier molecular flexibility index (Phi) is 3.92. The molecule has 20 heavy (non-hydrogen) atoms. The molecule has 3 rings (SSSR count). The molecule has 0 aliphatic carbocycles. The van der Waals surface area contributed by atoms with Gasteiger partial charge in [-0.1, -0.05) is 30.3 Å². The van der Waals surface area contributed by atoms with Crippen LogP contribution >= 0.6 is 0 Å². The van der Waals surface area contributed by atoms with Crippen LogP contribution in [0, 0.1) is 0 Å². The molecule has 1 aromatic carbocycles. The highest BCUT2D eigenvalue weighted by Crippen LogP contribution is 2.34. The Balaban J connectivity index is 1.76. The largest absolute Gasteiger partial charge is 0.381 e. The second-order valence-electron chi connectivity index (χ2n) is 5.74. The van der Waals surface area contributed by atoms with E-state index in [0.717, 1.165) is 51.6 Å². The maximum atomic E-state index is 5.57. The van der Waals surface area contributed by atoms with Gasteiger partial charge < -0.3 is 15.0 Å². The van der Waals surface area contributed by atoms with Gasteiger partial charge in [-0.2, -0.15) is 0 Å². The summed E-state index contributed by atoms with van der Waals surface area (Å²) < 4.78 is 5.57. The highest BCUT2D eigenvalue weighted by atomic mass is 16.5. The SMILES string of the molecule is CN1CCN=C1NCC1(c2ccccc2)CCOCC1. The van der Waals surface area contributed by atoms with Crippen LogP contribution in [0.1, 0.15) is 18.4 Å². The Morgan fingerprint density at radius 2 is 2.00 bits per heavy atom. The van der Waals surface area contributed by atoms with E-state index in [1.165, 1.54) is 5.56 Å². The molecule has 4 nitrogen and oxygen atoms in total. The van der Waals surface area contributed by atoms with Crippen LogP contribution in [0.15, 0.2) is 35.3 Å². The van der Waals surface area contributed by atoms with Gasteiger partial charge in [0, 0.05) is 38.8 Å². The minimum Gasteiger partial charge on any atom is -0.381 e. The van der Waals surface area contributed by atoms with E-state index >= 15 is 0 Å². The van der Waals surface area contributed by atoms with E-state index in [1.807, 2.05) is 0 Å². The van der Waals surface area contributed by atoms with Crippen LogP contribution in [0.25, 0.3) is 0 Å². The van der Waals surface area contributed by atoms with Gasteiger partial charge >= 0.3 is 0 Å². The Labute approximate surface area is 120 Å². The molecule has 4 heteroatoms. The molecule has 1 aromatic rings. The van der Waals surface area contributed by atoms with Gasteiger partial charge in [-0.3, -0.25) is 4.99 Å². The molecule has 0 radical (unpaired) electrons. The summed E-state index contributed by atoms with van der Waals surface area (Å²) in [6.07, 6.45) is 2.14. The Morgan fingerprint density at radius 1 is 1.25 bits per heavy atom. The van der Waals surface area contributed by atoms with Gasteiger partial charge in [0.1, 0.15) is 0 Å². The number of nitrogens with one attached hydrogen (secondary N) is 1. The molecule has 108 valence electrons. The lowest BCUT2D eigenvalue weighted by Gasteiger charge is -2.38. The number of nitrogens with zero attached hydrogens (tertiary/aromatic N) is 2. The first-order valence-electron chi connectivity index (χ1n) is 7.43. The van der Waals surface area contributed by atoms with Crippen molar-refractivity contribution < 1.29 is 4.74 Å². The first-order valence-corrected chi connectivity index (χ1v) is 7.43. The number of rotatable bonds is 3. The smallest absolute Gasteiger partial charge is 0.193 e. The Morgan fingerprint density at radius 3 is 2.65 bits per heavy atom. The van der Waals surface area contributed by atoms with Crippen molar-refractivity contribution in [2.45, 2.75) is 18.3 Å². The molecule has 0 atom stereocenters. The third kappa shape index (κ3) is 2.66. The molecule has 0 saturated carbocycles. The second-order valence-corrected chi connectivity index (χ2v) is 5.74. The maximum Gasteiger partial charge on any atom is 0.193 e. The third-order valence-corrected chi connectivity index (χ3v) is 4.48. The van der Waals surface area contributed by atoms with Gasteiger partial charge in [-0.15, -0.1) is 0 Å². The fraction of sp³-hybridized carbons (Fsp3) is 0.562. The van der Waals surface area contributed by atoms with Crippen molar-refractivity contribution >= 4 is 5.96 Å². The average Bonchev–Trinajstić information content (AvgIpc) is 2.92. The van der Waals surface area contributed by atoms with E-state index in [4.69, 9.17) is 4.74 Å². The van der Waals surface area contributed by atoms with E-state index in [1.54, 1.807) is 0 Å². The van der Waals surface area contributed by atoms with Crippen LogP contribution in [0.4, 0.5) is 0 Å². The number of likely N-dealkylation sites (N-methyl/N-ethyl adjacent to an activating group) is 1. The van der Waals surface area contributed by atoms with Crippen LogP contribution in [0.2, 0.25) is 0 Å². The van der Waals surface area contributed by atoms with E-state index in [0.29, 0.717) is 0 Å². The molecule has 2 aliphatic heterocycles. The number of hydrogen-bond acceptors (Lipinski definition) is 4. The molecule has 2 aliphatic rings. The minimum atomic E-state index is 0.172. The van der Waals surface area contributed by atoms with Crippen molar-refractivity contribution in [3.8, 4) is 0 Å². The highest BCUT2D eigenvalue weighted by Gasteiger charge is 2.34. The molecule has 0 aromatic heterocycles. The van der Waals surface area contributed by atoms with Crippen LogP contribution in [-0.4, -0.2) is 50.8 Å². The molecule has 2 heterocycles. The normalized spacial score (nSPS) is 21.6. The Bertz CT molecular complexity index is 466. The lowest BCUT2D eigenvalue weighted by Crippen LogP contribution is -2.47. The first kappa shape index (κ1) is 13.4. The van der Waals surface area contributed by atoms with Crippen molar-refractivity contribution in [1.29, 1.82) is 0 Å². The van der Waals surface area contributed by atoms with Crippen LogP contribution in [0.5, 0.6) is 0 Å². The zero-order valence-corrected chi connectivity index (χ0v) is 12.1. The van der Waals surface area contributed by atoms with Gasteiger partial charge in [0.25, 0.3) is 0 Å². The summed E-state index contributed by atoms with van der Waals surface area (Å²) in [6.45, 7) is 4.55. The van der Waals surface area contributed by atoms with Crippen molar-refractivity contribution in [3.63, 3.8) is 0 Å². The maximum absolute atomic E-state index is 5.57. The first-order chi connectivity index (χ1) is 9.80. The monoisotopic (exact) mass is 273 g/mol. The van der Waals surface area contributed by atoms with Crippen LogP contribution in [-0.2, 0) is 10.2 Å². The molecule has 0 unspecified atom stereocenters. The zero-order valence-electron chi connectivity index (χ0n) is 12.1. The summed E-state index contributed by atoms with van der Waals surface area (Å²) in [5.41, 5.74) is 1.59. The summed E-state index contributed by atoms with van der Waals surface area (Å²) in [5, 5.41) is 3.56. The highest BCUT2D eigenvalue weighted by molar-refractivity contribution is 5.81. The van der Waals surface area contributed by atoms with E-state index in [9.17, 15) is 0 Å². The number of hydrogen-bond donors (Lipinski definition) is 1. The number of benzene rings is 1. The predicted molar refractivity (Wildman–Crippen MR) is 81.1 cm³/mol. The lowest BCUT2D eigenvalue weighted by atomic mass is 9.74. The molecule has 1 N–H and O–H groups in total. The molecule has 0 spiro atoms. The van der Waals surface area contributed by atoms with Crippen molar-refractivity contribution in [3.05, 3.63) is 35.9 Å². The molecular formula is C16H23N3O. The standard InChI is InChI=1S/C16H23N3O/c1-19-10-9-17-15(19)18-13-16(7-11-20-12-8-16)14-5-3-2-4-6-14/h2-6H,7-13H2,1H3,(H,17,18). The van der Waals surface area contributed by atoms with Gasteiger partial charge in [0.15, 0.2) is 5.96 Å². The molecule has 0 amide bonds. The predicted octanol–water partition coefficient (Wildman–Crippen LogP) is 1.63. The molecule has 1 saturated heterocycles. The minimum absolute atomic E-state index is 0.172. The molecule has 0 bridgehead atoms. The van der Waals surface area contributed by atoms with Crippen molar-refractivity contribution in [1.82, 2.24) is 10.2 Å². The lowest BCUT2D eigenvalue weighted by molar-refractivity contribution is 0.0512. The van der Waals surface area contributed by atoms with Crippen molar-refractivity contribution in [2.24, 2.45) is 4.99 Å². The molecular weight excluding hydrogens is 250 g/mol. The quantitative estimate of drug-likeness (QED) is 0.909. The fourth-order valence-corrected chi connectivity index (χ4v) is 3.09. The Hall–Kier alpha value is -1.55. The van der Waals surface area contributed by atoms with E-state index in [-0.39, 0.29) is 5.41 Å². The summed E-state index contributed by atoms with van der Waals surface area (Å²) >= 11 is 0. The topological polar surface area (TPSA) is 36.9 Å².